The van der Waals surface area contributed by atoms with E-state index in [0.717, 1.165) is 25.0 Å². The highest BCUT2D eigenvalue weighted by Crippen LogP contribution is 2.31. The van der Waals surface area contributed by atoms with Gasteiger partial charge in [0.1, 0.15) is 6.61 Å². The van der Waals surface area contributed by atoms with Crippen molar-refractivity contribution in [2.24, 2.45) is 0 Å². The van der Waals surface area contributed by atoms with Crippen LogP contribution in [-0.2, 0) is 14.3 Å². The molecule has 1 fully saturated rings. The Morgan fingerprint density at radius 1 is 1.43 bits per heavy atom. The van der Waals surface area contributed by atoms with E-state index < -0.39 is 0 Å². The summed E-state index contributed by atoms with van der Waals surface area (Å²) >= 11 is 0. The Morgan fingerprint density at radius 3 is 3.04 bits per heavy atom. The van der Waals surface area contributed by atoms with Crippen molar-refractivity contribution in [2.75, 3.05) is 33.4 Å². The average molecular weight is 318 g/mol. The van der Waals surface area contributed by atoms with Crippen molar-refractivity contribution in [3.05, 3.63) is 35.4 Å². The molecule has 2 aliphatic heterocycles. The molecular formula is C17H22N2O4. The number of hydrogen-bond donors (Lipinski definition) is 1. The van der Waals surface area contributed by atoms with Gasteiger partial charge in [-0.25, -0.2) is 0 Å². The molecule has 2 amide bonds. The number of nitrogens with zero attached hydrogens (tertiary/aromatic N) is 1. The highest BCUT2D eigenvalue weighted by molar-refractivity contribution is 5.99. The molecule has 2 aliphatic rings. The van der Waals surface area contributed by atoms with Crippen molar-refractivity contribution in [1.82, 2.24) is 10.2 Å². The summed E-state index contributed by atoms with van der Waals surface area (Å²) in [5.41, 5.74) is 1.67. The van der Waals surface area contributed by atoms with E-state index in [0.29, 0.717) is 18.7 Å². The second kappa shape index (κ2) is 7.10. The van der Waals surface area contributed by atoms with Crippen LogP contribution in [0.3, 0.4) is 0 Å². The lowest BCUT2D eigenvalue weighted by Crippen LogP contribution is -2.36. The molecule has 0 aliphatic carbocycles. The van der Waals surface area contributed by atoms with Crippen LogP contribution in [-0.4, -0.2) is 56.2 Å². The first kappa shape index (κ1) is 16.0. The average Bonchev–Trinajstić information content (AvgIpc) is 3.15. The van der Waals surface area contributed by atoms with Crippen LogP contribution in [0.5, 0.6) is 0 Å². The van der Waals surface area contributed by atoms with Crippen LogP contribution >= 0.6 is 0 Å². The van der Waals surface area contributed by atoms with Crippen LogP contribution in [0, 0.1) is 0 Å². The maximum Gasteiger partial charge on any atom is 0.254 e. The molecule has 0 saturated carbocycles. The highest BCUT2D eigenvalue weighted by Gasteiger charge is 2.33. The number of nitrogens with one attached hydrogen (secondary N) is 1. The van der Waals surface area contributed by atoms with Crippen LogP contribution in [0.15, 0.2) is 24.3 Å². The number of rotatable bonds is 6. The van der Waals surface area contributed by atoms with Gasteiger partial charge in [-0.3, -0.25) is 9.59 Å². The van der Waals surface area contributed by atoms with Crippen molar-refractivity contribution < 1.29 is 19.1 Å². The smallest absolute Gasteiger partial charge is 0.254 e. The number of fused-ring (bicyclic) bond motifs is 1. The summed E-state index contributed by atoms with van der Waals surface area (Å²) in [6, 6.07) is 7.39. The molecule has 3 rings (SSSR count). The fraction of sp³-hybridized carbons (Fsp3) is 0.529. The van der Waals surface area contributed by atoms with Crippen LogP contribution in [0.1, 0.15) is 34.8 Å². The molecule has 1 aromatic rings. The number of carbonyl (C=O) groups excluding carboxylic acids is 2. The molecule has 6 heteroatoms. The summed E-state index contributed by atoms with van der Waals surface area (Å²) in [7, 11) is 1.76. The van der Waals surface area contributed by atoms with Gasteiger partial charge in [0, 0.05) is 25.8 Å². The Bertz CT molecular complexity index is 584. The van der Waals surface area contributed by atoms with Gasteiger partial charge in [-0.1, -0.05) is 18.2 Å². The number of amides is 2. The summed E-state index contributed by atoms with van der Waals surface area (Å²) in [6.07, 6.45) is 2.17. The van der Waals surface area contributed by atoms with Gasteiger partial charge in [0.2, 0.25) is 5.91 Å². The van der Waals surface area contributed by atoms with E-state index >= 15 is 0 Å². The molecule has 23 heavy (non-hydrogen) atoms. The predicted molar refractivity (Wildman–Crippen MR) is 84.1 cm³/mol. The van der Waals surface area contributed by atoms with Crippen molar-refractivity contribution in [3.63, 3.8) is 0 Å². The maximum atomic E-state index is 12.1. The van der Waals surface area contributed by atoms with Gasteiger partial charge in [0.05, 0.1) is 18.8 Å². The van der Waals surface area contributed by atoms with E-state index in [1.165, 1.54) is 0 Å². The molecule has 124 valence electrons. The third-order valence-electron chi connectivity index (χ3n) is 4.39. The molecule has 6 nitrogen and oxygen atoms in total. The Hall–Kier alpha value is -1.92. The maximum absolute atomic E-state index is 12.1. The zero-order chi connectivity index (χ0) is 16.2. The Labute approximate surface area is 135 Å². The third-order valence-corrected chi connectivity index (χ3v) is 4.39. The normalized spacial score (nSPS) is 23.2. The van der Waals surface area contributed by atoms with E-state index in [4.69, 9.17) is 9.47 Å². The number of benzene rings is 1. The first-order valence-corrected chi connectivity index (χ1v) is 7.99. The van der Waals surface area contributed by atoms with Crippen LogP contribution in [0.2, 0.25) is 0 Å². The van der Waals surface area contributed by atoms with Gasteiger partial charge in [-0.2, -0.15) is 0 Å². The molecule has 1 aromatic carbocycles. The molecule has 2 heterocycles. The van der Waals surface area contributed by atoms with E-state index in [1.54, 1.807) is 11.9 Å². The monoisotopic (exact) mass is 318 g/mol. The third kappa shape index (κ3) is 3.54. The molecule has 0 radical (unpaired) electrons. The standard InChI is InChI=1S/C17H22N2O4/c1-19-15(13-6-2-3-7-14(13)17(19)21)9-18-16(20)11-22-10-12-5-4-8-23-12/h2-3,6-7,12,15H,4-5,8-11H2,1H3,(H,18,20). The zero-order valence-corrected chi connectivity index (χ0v) is 13.3. The van der Waals surface area contributed by atoms with E-state index in [9.17, 15) is 9.59 Å². The van der Waals surface area contributed by atoms with Crippen molar-refractivity contribution in [2.45, 2.75) is 25.0 Å². The van der Waals surface area contributed by atoms with Crippen molar-refractivity contribution in [1.29, 1.82) is 0 Å². The number of hydrogen-bond acceptors (Lipinski definition) is 4. The molecule has 1 N–H and O–H groups in total. The van der Waals surface area contributed by atoms with Gasteiger partial charge in [0.25, 0.3) is 5.91 Å². The fourth-order valence-corrected chi connectivity index (χ4v) is 3.09. The van der Waals surface area contributed by atoms with E-state index in [-0.39, 0.29) is 30.6 Å². The Kier molecular flexibility index (Phi) is 4.93. The first-order valence-electron chi connectivity index (χ1n) is 7.99. The minimum absolute atomic E-state index is 0.00511. The minimum atomic E-state index is -0.173. The molecule has 2 atom stereocenters. The molecule has 0 aromatic heterocycles. The summed E-state index contributed by atoms with van der Waals surface area (Å²) in [4.78, 5) is 25.7. The molecule has 2 unspecified atom stereocenters. The van der Waals surface area contributed by atoms with Gasteiger partial charge in [-0.05, 0) is 24.5 Å². The summed E-state index contributed by atoms with van der Waals surface area (Å²) in [5, 5.41) is 2.84. The predicted octanol–water partition coefficient (Wildman–Crippen LogP) is 1.13. The van der Waals surface area contributed by atoms with Crippen molar-refractivity contribution >= 4 is 11.8 Å². The lowest BCUT2D eigenvalue weighted by molar-refractivity contribution is -0.127. The van der Waals surface area contributed by atoms with Crippen LogP contribution < -0.4 is 5.32 Å². The Morgan fingerprint density at radius 2 is 2.26 bits per heavy atom. The van der Waals surface area contributed by atoms with Crippen molar-refractivity contribution in [3.8, 4) is 0 Å². The first-order chi connectivity index (χ1) is 11.2. The molecule has 0 spiro atoms. The second-order valence-electron chi connectivity index (χ2n) is 5.97. The molecule has 0 bridgehead atoms. The van der Waals surface area contributed by atoms with Crippen LogP contribution in [0.4, 0.5) is 0 Å². The summed E-state index contributed by atoms with van der Waals surface area (Å²) in [5.74, 6) is -0.178. The van der Waals surface area contributed by atoms with Gasteiger partial charge in [0.15, 0.2) is 0 Å². The van der Waals surface area contributed by atoms with Gasteiger partial charge >= 0.3 is 0 Å². The second-order valence-corrected chi connectivity index (χ2v) is 5.97. The lowest BCUT2D eigenvalue weighted by Gasteiger charge is -2.21. The SMILES string of the molecule is CN1C(=O)c2ccccc2C1CNC(=O)COCC1CCCO1. The molecular weight excluding hydrogens is 296 g/mol. The lowest BCUT2D eigenvalue weighted by atomic mass is 10.0. The van der Waals surface area contributed by atoms with Crippen LogP contribution in [0.25, 0.3) is 0 Å². The topological polar surface area (TPSA) is 67.9 Å². The summed E-state index contributed by atoms with van der Waals surface area (Å²) in [6.45, 7) is 1.65. The summed E-state index contributed by atoms with van der Waals surface area (Å²) < 4.78 is 10.8. The fourth-order valence-electron chi connectivity index (χ4n) is 3.09. The number of ether oxygens (including phenoxy) is 2. The van der Waals surface area contributed by atoms with Gasteiger partial charge < -0.3 is 19.7 Å². The highest BCUT2D eigenvalue weighted by atomic mass is 16.5. The van der Waals surface area contributed by atoms with E-state index in [1.807, 2.05) is 24.3 Å². The largest absolute Gasteiger partial charge is 0.376 e. The molecule has 1 saturated heterocycles. The number of carbonyl (C=O) groups is 2. The van der Waals surface area contributed by atoms with Gasteiger partial charge in [-0.15, -0.1) is 0 Å². The minimum Gasteiger partial charge on any atom is -0.376 e. The quantitative estimate of drug-likeness (QED) is 0.854. The van der Waals surface area contributed by atoms with E-state index in [2.05, 4.69) is 5.32 Å². The zero-order valence-electron chi connectivity index (χ0n) is 13.3. The Balaban J connectivity index is 1.46. The number of likely N-dealkylation sites (N-methyl/N-ethyl adjacent to an activating group) is 1.